The van der Waals surface area contributed by atoms with Crippen molar-refractivity contribution in [3.63, 3.8) is 0 Å². The number of hydrogen-bond donors (Lipinski definition) is 0. The number of hydrogen-bond acceptors (Lipinski definition) is 6. The summed E-state index contributed by atoms with van der Waals surface area (Å²) in [6, 6.07) is 0. The molecule has 0 spiro atoms. The second-order valence-electron chi connectivity index (χ2n) is 5.45. The summed E-state index contributed by atoms with van der Waals surface area (Å²) in [5.74, 6) is 3.12. The van der Waals surface area contributed by atoms with E-state index in [0.29, 0.717) is 18.7 Å². The van der Waals surface area contributed by atoms with Gasteiger partial charge in [0.15, 0.2) is 5.65 Å². The lowest BCUT2D eigenvalue weighted by Gasteiger charge is -2.28. The standard InChI is InChI=1S/C15H22N6OS/c1-4-20(5-2)15(22)12-17-13-11(10-16-19(13)3)14(18-12)21-6-8-23-9-7-21/h10H,4-9H2,1-3H3. The van der Waals surface area contributed by atoms with E-state index in [1.54, 1.807) is 15.8 Å². The number of amides is 1. The lowest BCUT2D eigenvalue weighted by Crippen LogP contribution is -2.35. The number of aryl methyl sites for hydroxylation is 1. The summed E-state index contributed by atoms with van der Waals surface area (Å²) >= 11 is 1.95. The first-order valence-corrected chi connectivity index (χ1v) is 9.12. The molecule has 0 aliphatic carbocycles. The Labute approximate surface area is 140 Å². The highest BCUT2D eigenvalue weighted by molar-refractivity contribution is 7.99. The molecule has 0 N–H and O–H groups in total. The van der Waals surface area contributed by atoms with Crippen LogP contribution in [0, 0.1) is 0 Å². The predicted octanol–water partition coefficient (Wildman–Crippen LogP) is 1.40. The first kappa shape index (κ1) is 16.0. The molecule has 1 aliphatic heterocycles. The van der Waals surface area contributed by atoms with Crippen LogP contribution < -0.4 is 4.90 Å². The minimum absolute atomic E-state index is 0.120. The Bertz CT molecular complexity index is 705. The molecule has 1 fully saturated rings. The molecule has 124 valence electrons. The molecule has 23 heavy (non-hydrogen) atoms. The Kier molecular flexibility index (Phi) is 4.70. The zero-order valence-corrected chi connectivity index (χ0v) is 14.6. The summed E-state index contributed by atoms with van der Waals surface area (Å²) in [6.45, 7) is 7.10. The van der Waals surface area contributed by atoms with Gasteiger partial charge in [-0.3, -0.25) is 9.48 Å². The molecular formula is C15H22N6OS. The molecule has 7 nitrogen and oxygen atoms in total. The first-order valence-electron chi connectivity index (χ1n) is 7.97. The van der Waals surface area contributed by atoms with Crippen LogP contribution in [0.1, 0.15) is 24.5 Å². The maximum atomic E-state index is 12.7. The molecule has 3 heterocycles. The monoisotopic (exact) mass is 334 g/mol. The van der Waals surface area contributed by atoms with Crippen molar-refractivity contribution in [2.75, 3.05) is 42.6 Å². The highest BCUT2D eigenvalue weighted by atomic mass is 32.2. The van der Waals surface area contributed by atoms with E-state index in [1.165, 1.54) is 0 Å². The van der Waals surface area contributed by atoms with E-state index in [1.807, 2.05) is 32.7 Å². The van der Waals surface area contributed by atoms with E-state index >= 15 is 0 Å². The van der Waals surface area contributed by atoms with Crippen LogP contribution in [0.3, 0.4) is 0 Å². The van der Waals surface area contributed by atoms with Gasteiger partial charge in [0.1, 0.15) is 5.82 Å². The van der Waals surface area contributed by atoms with E-state index < -0.39 is 0 Å². The molecule has 0 unspecified atom stereocenters. The quantitative estimate of drug-likeness (QED) is 0.842. The molecule has 1 saturated heterocycles. The fraction of sp³-hybridized carbons (Fsp3) is 0.600. The van der Waals surface area contributed by atoms with Crippen LogP contribution in [0.15, 0.2) is 6.20 Å². The van der Waals surface area contributed by atoms with Crippen LogP contribution in [0.4, 0.5) is 5.82 Å². The van der Waals surface area contributed by atoms with Crippen LogP contribution >= 0.6 is 11.8 Å². The van der Waals surface area contributed by atoms with Crippen molar-refractivity contribution in [1.82, 2.24) is 24.6 Å². The minimum atomic E-state index is -0.120. The van der Waals surface area contributed by atoms with Gasteiger partial charge in [0, 0.05) is 44.7 Å². The predicted molar refractivity (Wildman–Crippen MR) is 93.1 cm³/mol. The van der Waals surface area contributed by atoms with Crippen LogP contribution in [0.25, 0.3) is 11.0 Å². The van der Waals surface area contributed by atoms with E-state index in [-0.39, 0.29) is 11.7 Å². The average Bonchev–Trinajstić information content (AvgIpc) is 2.97. The van der Waals surface area contributed by atoms with E-state index in [0.717, 1.165) is 35.8 Å². The zero-order valence-electron chi connectivity index (χ0n) is 13.8. The Morgan fingerprint density at radius 2 is 1.96 bits per heavy atom. The topological polar surface area (TPSA) is 67.2 Å². The van der Waals surface area contributed by atoms with Crippen molar-refractivity contribution in [3.05, 3.63) is 12.0 Å². The number of nitrogens with zero attached hydrogens (tertiary/aromatic N) is 6. The number of aromatic nitrogens is 4. The zero-order chi connectivity index (χ0) is 16.4. The molecular weight excluding hydrogens is 312 g/mol. The summed E-state index contributed by atoms with van der Waals surface area (Å²) in [5, 5.41) is 5.21. The van der Waals surface area contributed by atoms with Crippen molar-refractivity contribution in [2.45, 2.75) is 13.8 Å². The third kappa shape index (κ3) is 2.99. The molecule has 1 aliphatic rings. The Hall–Kier alpha value is -1.83. The van der Waals surface area contributed by atoms with Crippen molar-refractivity contribution in [1.29, 1.82) is 0 Å². The normalized spacial score (nSPS) is 15.2. The summed E-state index contributed by atoms with van der Waals surface area (Å²) in [7, 11) is 1.84. The van der Waals surface area contributed by atoms with Gasteiger partial charge in [0.05, 0.1) is 11.6 Å². The summed E-state index contributed by atoms with van der Waals surface area (Å²) < 4.78 is 1.71. The molecule has 0 atom stereocenters. The van der Waals surface area contributed by atoms with Crippen molar-refractivity contribution >= 4 is 34.5 Å². The Balaban J connectivity index is 2.08. The molecule has 0 bridgehead atoms. The van der Waals surface area contributed by atoms with Crippen LogP contribution in [0.5, 0.6) is 0 Å². The molecule has 2 aromatic rings. The number of fused-ring (bicyclic) bond motifs is 1. The largest absolute Gasteiger partial charge is 0.354 e. The number of thioether (sulfide) groups is 1. The van der Waals surface area contributed by atoms with Crippen LogP contribution in [-0.2, 0) is 7.05 Å². The molecule has 3 rings (SSSR count). The summed E-state index contributed by atoms with van der Waals surface area (Å²) in [6.07, 6.45) is 1.79. The van der Waals surface area contributed by atoms with E-state index in [2.05, 4.69) is 20.0 Å². The van der Waals surface area contributed by atoms with Gasteiger partial charge in [0.2, 0.25) is 5.82 Å². The van der Waals surface area contributed by atoms with Gasteiger partial charge in [-0.2, -0.15) is 16.9 Å². The van der Waals surface area contributed by atoms with Crippen molar-refractivity contribution in [2.24, 2.45) is 7.05 Å². The van der Waals surface area contributed by atoms with Gasteiger partial charge in [-0.25, -0.2) is 9.97 Å². The maximum Gasteiger partial charge on any atom is 0.291 e. The summed E-state index contributed by atoms with van der Waals surface area (Å²) in [5.41, 5.74) is 0.712. The Morgan fingerprint density at radius 3 is 2.61 bits per heavy atom. The Morgan fingerprint density at radius 1 is 1.26 bits per heavy atom. The van der Waals surface area contributed by atoms with Crippen LogP contribution in [0.2, 0.25) is 0 Å². The number of rotatable bonds is 4. The smallest absolute Gasteiger partial charge is 0.291 e. The fourth-order valence-electron chi connectivity index (χ4n) is 2.77. The first-order chi connectivity index (χ1) is 11.2. The lowest BCUT2D eigenvalue weighted by atomic mass is 10.3. The molecule has 0 radical (unpaired) electrons. The highest BCUT2D eigenvalue weighted by Crippen LogP contribution is 2.26. The second kappa shape index (κ2) is 6.74. The lowest BCUT2D eigenvalue weighted by molar-refractivity contribution is 0.0761. The molecule has 0 aromatic carbocycles. The van der Waals surface area contributed by atoms with Gasteiger partial charge in [0.25, 0.3) is 5.91 Å². The summed E-state index contributed by atoms with van der Waals surface area (Å²) in [4.78, 5) is 25.7. The van der Waals surface area contributed by atoms with Gasteiger partial charge in [-0.15, -0.1) is 0 Å². The second-order valence-corrected chi connectivity index (χ2v) is 6.68. The number of carbonyl (C=O) groups excluding carboxylic acids is 1. The fourth-order valence-corrected chi connectivity index (χ4v) is 3.67. The third-order valence-electron chi connectivity index (χ3n) is 4.12. The average molecular weight is 334 g/mol. The molecule has 8 heteroatoms. The maximum absolute atomic E-state index is 12.7. The van der Waals surface area contributed by atoms with Gasteiger partial charge < -0.3 is 9.80 Å². The number of carbonyl (C=O) groups is 1. The van der Waals surface area contributed by atoms with Crippen molar-refractivity contribution in [3.8, 4) is 0 Å². The third-order valence-corrected chi connectivity index (χ3v) is 5.07. The molecule has 1 amide bonds. The molecule has 2 aromatic heterocycles. The molecule has 0 saturated carbocycles. The van der Waals surface area contributed by atoms with Gasteiger partial charge in [-0.05, 0) is 13.8 Å². The van der Waals surface area contributed by atoms with E-state index in [4.69, 9.17) is 0 Å². The van der Waals surface area contributed by atoms with E-state index in [9.17, 15) is 4.79 Å². The van der Waals surface area contributed by atoms with Gasteiger partial charge >= 0.3 is 0 Å². The van der Waals surface area contributed by atoms with Crippen molar-refractivity contribution < 1.29 is 4.79 Å². The minimum Gasteiger partial charge on any atom is -0.354 e. The number of anilines is 1. The van der Waals surface area contributed by atoms with Crippen LogP contribution in [-0.4, -0.2) is 68.2 Å². The SMILES string of the molecule is CCN(CC)C(=O)c1nc(N2CCSCC2)c2cnn(C)c2n1. The highest BCUT2D eigenvalue weighted by Gasteiger charge is 2.23. The van der Waals surface area contributed by atoms with Gasteiger partial charge in [-0.1, -0.05) is 0 Å².